The second-order valence-electron chi connectivity index (χ2n) is 6.14. The van der Waals surface area contributed by atoms with Crippen LogP contribution in [0.15, 0.2) is 54.6 Å². The van der Waals surface area contributed by atoms with Crippen LogP contribution in [0.1, 0.15) is 34.6 Å². The van der Waals surface area contributed by atoms with Gasteiger partial charge in [-0.05, 0) is 50.2 Å². The lowest BCUT2D eigenvalue weighted by molar-refractivity contribution is 0.365. The molecule has 114 valence electrons. The standard InChI is InChI=1S/C21H25N/c1-21(2,3)15-8-5-9-16-22(4)17-19-13-10-12-18-11-6-7-14-20(18)19/h5-7,9-14H,16-17H2,1-4H3/i4D3,9D,16D2. The molecule has 1 heteroatoms. The highest BCUT2D eigenvalue weighted by atomic mass is 15.1. The van der Waals surface area contributed by atoms with E-state index in [1.165, 1.54) is 0 Å². The van der Waals surface area contributed by atoms with Gasteiger partial charge in [-0.2, -0.15) is 0 Å². The van der Waals surface area contributed by atoms with Gasteiger partial charge in [0, 0.05) is 25.3 Å². The van der Waals surface area contributed by atoms with Crippen molar-refractivity contribution in [2.45, 2.75) is 27.3 Å². The van der Waals surface area contributed by atoms with Crippen LogP contribution in [-0.2, 0) is 6.54 Å². The molecule has 0 radical (unpaired) electrons. The quantitative estimate of drug-likeness (QED) is 0.727. The number of benzene rings is 2. The maximum Gasteiger partial charge on any atom is 0.0596 e. The van der Waals surface area contributed by atoms with Gasteiger partial charge in [-0.1, -0.05) is 60.4 Å². The van der Waals surface area contributed by atoms with Gasteiger partial charge < -0.3 is 0 Å². The molecule has 0 aliphatic heterocycles. The van der Waals surface area contributed by atoms with Crippen molar-refractivity contribution in [3.8, 4) is 11.8 Å². The molecule has 0 aliphatic rings. The Bertz CT molecular complexity index is 920. The summed E-state index contributed by atoms with van der Waals surface area (Å²) in [5.41, 5.74) is 0.391. The van der Waals surface area contributed by atoms with Crippen LogP contribution < -0.4 is 0 Å². The van der Waals surface area contributed by atoms with Crippen molar-refractivity contribution < 1.29 is 8.22 Å². The zero-order valence-electron chi connectivity index (χ0n) is 19.3. The Morgan fingerprint density at radius 3 is 2.77 bits per heavy atom. The lowest BCUT2D eigenvalue weighted by Gasteiger charge is -2.15. The number of likely N-dealkylation sites (N-methyl/N-ethyl adjacent to an activating group) is 1. The summed E-state index contributed by atoms with van der Waals surface area (Å²) < 4.78 is 48.3. The van der Waals surface area contributed by atoms with Gasteiger partial charge >= 0.3 is 0 Å². The molecule has 0 unspecified atom stereocenters. The molecule has 0 saturated heterocycles. The Kier molecular flexibility index (Phi) is 3.27. The van der Waals surface area contributed by atoms with Gasteiger partial charge in [0.2, 0.25) is 0 Å². The Morgan fingerprint density at radius 1 is 1.23 bits per heavy atom. The molecule has 0 aromatic heterocycles. The van der Waals surface area contributed by atoms with E-state index in [4.69, 9.17) is 8.22 Å². The summed E-state index contributed by atoms with van der Waals surface area (Å²) in [7, 11) is 0. The van der Waals surface area contributed by atoms with Gasteiger partial charge in [-0.15, -0.1) is 0 Å². The van der Waals surface area contributed by atoms with E-state index in [9.17, 15) is 0 Å². The number of rotatable bonds is 4. The minimum absolute atomic E-state index is 0.159. The Hall–Kier alpha value is -2.04. The van der Waals surface area contributed by atoms with E-state index in [0.717, 1.165) is 21.7 Å². The van der Waals surface area contributed by atoms with Gasteiger partial charge in [-0.3, -0.25) is 4.90 Å². The van der Waals surface area contributed by atoms with Gasteiger partial charge in [0.25, 0.3) is 0 Å². The summed E-state index contributed by atoms with van der Waals surface area (Å²) in [6, 6.07) is 12.6. The van der Waals surface area contributed by atoms with Crippen LogP contribution in [0.25, 0.3) is 10.8 Å². The van der Waals surface area contributed by atoms with E-state index in [1.807, 2.05) is 57.2 Å². The topological polar surface area (TPSA) is 3.24 Å². The lowest BCUT2D eigenvalue weighted by Crippen LogP contribution is -2.17. The fraction of sp³-hybridized carbons (Fsp3) is 0.333. The number of fused-ring (bicyclic) bond motifs is 1. The predicted octanol–water partition coefficient (Wildman–Crippen LogP) is 4.88. The average Bonchev–Trinajstić information content (AvgIpc) is 2.57. The van der Waals surface area contributed by atoms with Crippen molar-refractivity contribution in [2.75, 3.05) is 13.5 Å². The van der Waals surface area contributed by atoms with Gasteiger partial charge in [0.15, 0.2) is 0 Å². The van der Waals surface area contributed by atoms with Crippen molar-refractivity contribution >= 4 is 10.8 Å². The predicted molar refractivity (Wildman–Crippen MR) is 96.7 cm³/mol. The summed E-state index contributed by atoms with van der Waals surface area (Å²) >= 11 is 0. The maximum absolute atomic E-state index is 8.35. The van der Waals surface area contributed by atoms with E-state index >= 15 is 0 Å². The third-order valence-electron chi connectivity index (χ3n) is 3.00. The van der Waals surface area contributed by atoms with Crippen LogP contribution >= 0.6 is 0 Å². The smallest absolute Gasteiger partial charge is 0.0596 e. The van der Waals surface area contributed by atoms with Crippen LogP contribution in [-0.4, -0.2) is 18.4 Å². The number of allylic oxidation sites excluding steroid dienone is 1. The first-order chi connectivity index (χ1) is 12.8. The van der Waals surface area contributed by atoms with Crippen LogP contribution in [0.3, 0.4) is 0 Å². The first-order valence-corrected chi connectivity index (χ1v) is 7.27. The molecule has 0 aliphatic carbocycles. The molecule has 22 heavy (non-hydrogen) atoms. The molecule has 0 fully saturated rings. The SMILES string of the molecule is [2H]C(=CC#CC(C)(C)C)C([2H])([2H])N(Cc1cccc2ccccc12)C([2H])([2H])[2H]. The molecule has 2 rings (SSSR count). The third-order valence-corrected chi connectivity index (χ3v) is 3.00. The molecular weight excluding hydrogens is 266 g/mol. The molecule has 0 heterocycles. The van der Waals surface area contributed by atoms with Crippen molar-refractivity contribution in [2.24, 2.45) is 5.41 Å². The molecule has 0 atom stereocenters. The summed E-state index contributed by atoms with van der Waals surface area (Å²) in [5, 5.41) is 1.81. The van der Waals surface area contributed by atoms with Crippen molar-refractivity contribution in [1.82, 2.24) is 4.90 Å². The normalized spacial score (nSPS) is 17.5. The maximum atomic E-state index is 8.35. The molecule has 2 aromatic rings. The van der Waals surface area contributed by atoms with Crippen molar-refractivity contribution in [3.05, 3.63) is 60.2 Å². The molecular formula is C21H25N. The van der Waals surface area contributed by atoms with Crippen molar-refractivity contribution in [1.29, 1.82) is 0 Å². The van der Waals surface area contributed by atoms with Crippen LogP contribution in [0.5, 0.6) is 0 Å². The molecule has 1 nitrogen and oxygen atoms in total. The van der Waals surface area contributed by atoms with E-state index in [2.05, 4.69) is 11.8 Å². The monoisotopic (exact) mass is 297 g/mol. The molecule has 0 N–H and O–H groups in total. The Labute approximate surface area is 143 Å². The van der Waals surface area contributed by atoms with Gasteiger partial charge in [0.1, 0.15) is 0 Å². The lowest BCUT2D eigenvalue weighted by atomic mass is 9.98. The van der Waals surface area contributed by atoms with E-state index in [0.29, 0.717) is 5.56 Å². The molecule has 0 spiro atoms. The molecule has 0 saturated carbocycles. The first kappa shape index (κ1) is 9.87. The summed E-state index contributed by atoms with van der Waals surface area (Å²) in [5.74, 6) is 5.59. The first-order valence-electron chi connectivity index (χ1n) is 10.3. The van der Waals surface area contributed by atoms with Crippen LogP contribution in [0, 0.1) is 17.3 Å². The average molecular weight is 297 g/mol. The second-order valence-corrected chi connectivity index (χ2v) is 6.14. The highest BCUT2D eigenvalue weighted by molar-refractivity contribution is 5.85. The molecule has 2 aromatic carbocycles. The van der Waals surface area contributed by atoms with E-state index in [1.54, 1.807) is 6.07 Å². The zero-order chi connectivity index (χ0) is 21.2. The fourth-order valence-electron chi connectivity index (χ4n) is 2.04. The van der Waals surface area contributed by atoms with Crippen LogP contribution in [0.4, 0.5) is 0 Å². The van der Waals surface area contributed by atoms with E-state index < -0.39 is 19.5 Å². The van der Waals surface area contributed by atoms with Crippen molar-refractivity contribution in [3.63, 3.8) is 0 Å². The van der Waals surface area contributed by atoms with Gasteiger partial charge in [0.05, 0.1) is 1.37 Å². The minimum atomic E-state index is -2.72. The van der Waals surface area contributed by atoms with Gasteiger partial charge in [-0.25, -0.2) is 0 Å². The highest BCUT2D eigenvalue weighted by Gasteiger charge is 2.03. The summed E-state index contributed by atoms with van der Waals surface area (Å²) in [6.07, 6.45) is 1.15. The number of hydrogen-bond acceptors (Lipinski definition) is 1. The number of hydrogen-bond donors (Lipinski definition) is 0. The summed E-state index contributed by atoms with van der Waals surface area (Å²) in [4.78, 5) is 0.735. The molecule has 0 bridgehead atoms. The number of nitrogens with zero attached hydrogens (tertiary/aromatic N) is 1. The highest BCUT2D eigenvalue weighted by Crippen LogP contribution is 2.19. The zero-order valence-corrected chi connectivity index (χ0v) is 13.3. The Morgan fingerprint density at radius 2 is 2.00 bits per heavy atom. The van der Waals surface area contributed by atoms with Crippen LogP contribution in [0.2, 0.25) is 0 Å². The fourth-order valence-corrected chi connectivity index (χ4v) is 2.04. The minimum Gasteiger partial charge on any atom is -0.298 e. The largest absolute Gasteiger partial charge is 0.298 e. The summed E-state index contributed by atoms with van der Waals surface area (Å²) in [6.45, 7) is 0.324. The third kappa shape index (κ3) is 5.06. The Balaban J connectivity index is 2.45. The second kappa shape index (κ2) is 7.29. The molecule has 0 amide bonds. The van der Waals surface area contributed by atoms with E-state index in [-0.39, 0.29) is 12.0 Å².